The maximum atomic E-state index is 12.1. The molecule has 0 saturated carbocycles. The Kier molecular flexibility index (Phi) is 6.03. The number of methoxy groups -OCH3 is 1. The van der Waals surface area contributed by atoms with Crippen molar-refractivity contribution in [1.29, 1.82) is 0 Å². The average Bonchev–Trinajstić information content (AvgIpc) is 3.15. The Hall–Kier alpha value is -2.93. The minimum Gasteiger partial charge on any atom is -0.497 e. The summed E-state index contributed by atoms with van der Waals surface area (Å²) in [5.41, 5.74) is 2.14. The van der Waals surface area contributed by atoms with Crippen LogP contribution in [0.4, 0.5) is 5.13 Å². The van der Waals surface area contributed by atoms with Crippen molar-refractivity contribution in [1.82, 2.24) is 10.2 Å². The highest BCUT2D eigenvalue weighted by Gasteiger charge is 2.11. The lowest BCUT2D eigenvalue weighted by Crippen LogP contribution is -2.20. The van der Waals surface area contributed by atoms with Crippen molar-refractivity contribution in [2.45, 2.75) is 19.8 Å². The maximum absolute atomic E-state index is 12.1. The van der Waals surface area contributed by atoms with E-state index in [1.807, 2.05) is 48.5 Å². The van der Waals surface area contributed by atoms with E-state index in [1.54, 1.807) is 7.11 Å². The van der Waals surface area contributed by atoms with E-state index in [9.17, 15) is 4.79 Å². The van der Waals surface area contributed by atoms with Crippen molar-refractivity contribution in [3.05, 3.63) is 54.1 Å². The highest BCUT2D eigenvalue weighted by atomic mass is 32.1. The molecule has 0 aliphatic rings. The van der Waals surface area contributed by atoms with Gasteiger partial charge in [-0.15, -0.1) is 10.2 Å². The molecule has 1 N–H and O–H groups in total. The van der Waals surface area contributed by atoms with E-state index in [0.29, 0.717) is 16.8 Å². The van der Waals surface area contributed by atoms with Gasteiger partial charge in [0.25, 0.3) is 5.91 Å². The van der Waals surface area contributed by atoms with Crippen molar-refractivity contribution < 1.29 is 14.3 Å². The van der Waals surface area contributed by atoms with Crippen LogP contribution in [0.5, 0.6) is 11.5 Å². The number of carbonyl (C=O) groups excluding carboxylic acids is 1. The first-order valence-corrected chi connectivity index (χ1v) is 9.37. The second-order valence-corrected chi connectivity index (χ2v) is 7.18. The molecule has 7 heteroatoms. The smallest absolute Gasteiger partial charge is 0.264 e. The molecule has 3 rings (SSSR count). The van der Waals surface area contributed by atoms with Gasteiger partial charge in [0.2, 0.25) is 5.13 Å². The van der Waals surface area contributed by atoms with E-state index in [2.05, 4.69) is 29.4 Å². The monoisotopic (exact) mass is 383 g/mol. The lowest BCUT2D eigenvalue weighted by molar-refractivity contribution is -0.118. The van der Waals surface area contributed by atoms with Gasteiger partial charge in [-0.1, -0.05) is 37.3 Å². The zero-order valence-electron chi connectivity index (χ0n) is 15.4. The topological polar surface area (TPSA) is 73.3 Å². The Morgan fingerprint density at radius 3 is 2.33 bits per heavy atom. The summed E-state index contributed by atoms with van der Waals surface area (Å²) in [5, 5.41) is 12.0. The van der Waals surface area contributed by atoms with Gasteiger partial charge in [0.15, 0.2) is 6.61 Å². The van der Waals surface area contributed by atoms with Gasteiger partial charge in [-0.05, 0) is 47.9 Å². The second-order valence-electron chi connectivity index (χ2n) is 6.20. The Bertz CT molecular complexity index is 890. The molecule has 0 radical (unpaired) electrons. The number of nitrogens with zero attached hydrogens (tertiary/aromatic N) is 2. The standard InChI is InChI=1S/C20H21N3O3S/c1-13(2)14-4-10-17(11-5-14)26-12-18(24)21-20-23-22-19(27-20)15-6-8-16(25-3)9-7-15/h4-11,13H,12H2,1-3H3,(H,21,23,24). The third kappa shape index (κ3) is 5.04. The van der Waals surface area contributed by atoms with Crippen LogP contribution in [0.3, 0.4) is 0 Å². The quantitative estimate of drug-likeness (QED) is 0.656. The zero-order valence-corrected chi connectivity index (χ0v) is 16.2. The third-order valence-electron chi connectivity index (χ3n) is 3.93. The predicted octanol–water partition coefficient (Wildman–Crippen LogP) is 4.35. The number of hydrogen-bond donors (Lipinski definition) is 1. The molecule has 0 aliphatic heterocycles. The van der Waals surface area contributed by atoms with Gasteiger partial charge < -0.3 is 9.47 Å². The summed E-state index contributed by atoms with van der Waals surface area (Å²) in [6.45, 7) is 4.18. The van der Waals surface area contributed by atoms with Gasteiger partial charge in [-0.2, -0.15) is 0 Å². The number of hydrogen-bond acceptors (Lipinski definition) is 6. The van der Waals surface area contributed by atoms with Crippen molar-refractivity contribution >= 4 is 22.4 Å². The lowest BCUT2D eigenvalue weighted by atomic mass is 10.0. The van der Waals surface area contributed by atoms with E-state index >= 15 is 0 Å². The number of amides is 1. The molecule has 1 heterocycles. The molecule has 2 aromatic carbocycles. The Labute approximate surface area is 162 Å². The SMILES string of the molecule is COc1ccc(-c2nnc(NC(=O)COc3ccc(C(C)C)cc3)s2)cc1. The summed E-state index contributed by atoms with van der Waals surface area (Å²) >= 11 is 1.30. The molecule has 0 saturated heterocycles. The van der Waals surface area contributed by atoms with Crippen molar-refractivity contribution in [2.24, 2.45) is 0 Å². The molecule has 0 bridgehead atoms. The first kappa shape index (κ1) is 18.8. The highest BCUT2D eigenvalue weighted by Crippen LogP contribution is 2.27. The zero-order chi connectivity index (χ0) is 19.2. The molecule has 6 nitrogen and oxygen atoms in total. The van der Waals surface area contributed by atoms with Gasteiger partial charge in [-0.3, -0.25) is 10.1 Å². The van der Waals surface area contributed by atoms with Gasteiger partial charge in [-0.25, -0.2) is 0 Å². The summed E-state index contributed by atoms with van der Waals surface area (Å²) < 4.78 is 10.7. The first-order valence-electron chi connectivity index (χ1n) is 8.55. The Balaban J connectivity index is 1.54. The lowest BCUT2D eigenvalue weighted by Gasteiger charge is -2.08. The molecule has 0 spiro atoms. The highest BCUT2D eigenvalue weighted by molar-refractivity contribution is 7.18. The van der Waals surface area contributed by atoms with Crippen molar-refractivity contribution in [3.63, 3.8) is 0 Å². The van der Waals surface area contributed by atoms with Crippen LogP contribution >= 0.6 is 11.3 Å². The van der Waals surface area contributed by atoms with Gasteiger partial charge in [0.1, 0.15) is 16.5 Å². The maximum Gasteiger partial charge on any atom is 0.264 e. The van der Waals surface area contributed by atoms with Crippen LogP contribution in [0.2, 0.25) is 0 Å². The molecule has 0 atom stereocenters. The normalized spacial score (nSPS) is 10.7. The largest absolute Gasteiger partial charge is 0.497 e. The van der Waals surface area contributed by atoms with Crippen LogP contribution in [0.25, 0.3) is 10.6 Å². The summed E-state index contributed by atoms with van der Waals surface area (Å²) in [6, 6.07) is 15.3. The summed E-state index contributed by atoms with van der Waals surface area (Å²) in [7, 11) is 1.62. The molecule has 0 fully saturated rings. The number of rotatable bonds is 7. The first-order chi connectivity index (χ1) is 13.0. The summed E-state index contributed by atoms with van der Waals surface area (Å²) in [6.07, 6.45) is 0. The molecular weight excluding hydrogens is 362 g/mol. The van der Waals surface area contributed by atoms with Gasteiger partial charge >= 0.3 is 0 Å². The molecule has 0 unspecified atom stereocenters. The van der Waals surface area contributed by atoms with Gasteiger partial charge in [0, 0.05) is 5.56 Å². The van der Waals surface area contributed by atoms with E-state index in [0.717, 1.165) is 16.3 Å². The van der Waals surface area contributed by atoms with Crippen LogP contribution in [0.1, 0.15) is 25.3 Å². The van der Waals surface area contributed by atoms with E-state index in [1.165, 1.54) is 16.9 Å². The van der Waals surface area contributed by atoms with Crippen LogP contribution in [0.15, 0.2) is 48.5 Å². The number of aromatic nitrogens is 2. The summed E-state index contributed by atoms with van der Waals surface area (Å²) in [4.78, 5) is 12.1. The number of benzene rings is 2. The van der Waals surface area contributed by atoms with Crippen LogP contribution in [0, 0.1) is 0 Å². The molecule has 1 aromatic heterocycles. The molecule has 1 amide bonds. The number of carbonyl (C=O) groups is 1. The third-order valence-corrected chi connectivity index (χ3v) is 4.81. The summed E-state index contributed by atoms with van der Waals surface area (Å²) in [5.74, 6) is 1.61. The fourth-order valence-electron chi connectivity index (χ4n) is 2.38. The predicted molar refractivity (Wildman–Crippen MR) is 107 cm³/mol. The second kappa shape index (κ2) is 8.64. The molecular formula is C20H21N3O3S. The van der Waals surface area contributed by atoms with E-state index < -0.39 is 0 Å². The van der Waals surface area contributed by atoms with E-state index in [-0.39, 0.29) is 12.5 Å². The molecule has 27 heavy (non-hydrogen) atoms. The van der Waals surface area contributed by atoms with Crippen molar-refractivity contribution in [2.75, 3.05) is 19.0 Å². The molecule has 140 valence electrons. The number of nitrogens with one attached hydrogen (secondary N) is 1. The Morgan fingerprint density at radius 1 is 1.04 bits per heavy atom. The van der Waals surface area contributed by atoms with Crippen LogP contribution in [-0.4, -0.2) is 29.8 Å². The Morgan fingerprint density at radius 2 is 1.70 bits per heavy atom. The van der Waals surface area contributed by atoms with Crippen LogP contribution in [-0.2, 0) is 4.79 Å². The number of ether oxygens (including phenoxy) is 2. The number of anilines is 1. The fraction of sp³-hybridized carbons (Fsp3) is 0.250. The van der Waals surface area contributed by atoms with E-state index in [4.69, 9.17) is 9.47 Å². The van der Waals surface area contributed by atoms with Gasteiger partial charge in [0.05, 0.1) is 7.11 Å². The van der Waals surface area contributed by atoms with Crippen LogP contribution < -0.4 is 14.8 Å². The molecule has 0 aliphatic carbocycles. The van der Waals surface area contributed by atoms with Crippen molar-refractivity contribution in [3.8, 4) is 22.1 Å². The fourth-order valence-corrected chi connectivity index (χ4v) is 3.14. The molecule has 3 aromatic rings. The average molecular weight is 383 g/mol. The minimum atomic E-state index is -0.277. The minimum absolute atomic E-state index is 0.0848.